The van der Waals surface area contributed by atoms with Crippen LogP contribution in [0.5, 0.6) is 11.6 Å². The van der Waals surface area contributed by atoms with Gasteiger partial charge in [-0.2, -0.15) is 10.1 Å². The standard InChI is InChI=1S/C19H16FN3O2S/c1-25-15-8-4-12(5-9-15)16-10-17(13-2-6-14(20)7-3-13)23(22-16)19-21-18(24)11-26-19/h2-9,11,17,24H,10H2,1H3. The summed E-state index contributed by atoms with van der Waals surface area (Å²) in [4.78, 5) is 4.14. The Bertz CT molecular complexity index is 938. The van der Waals surface area contributed by atoms with Crippen molar-refractivity contribution in [1.29, 1.82) is 0 Å². The first kappa shape index (κ1) is 16.5. The molecule has 132 valence electrons. The highest BCUT2D eigenvalue weighted by Crippen LogP contribution is 2.39. The number of anilines is 1. The van der Waals surface area contributed by atoms with E-state index in [1.807, 2.05) is 24.3 Å². The van der Waals surface area contributed by atoms with Crippen molar-refractivity contribution >= 4 is 22.2 Å². The number of hydrazone groups is 1. The van der Waals surface area contributed by atoms with Crippen LogP contribution in [0.3, 0.4) is 0 Å². The molecule has 1 aromatic heterocycles. The molecule has 7 heteroatoms. The highest BCUT2D eigenvalue weighted by molar-refractivity contribution is 7.13. The Labute approximate surface area is 154 Å². The second-order valence-electron chi connectivity index (χ2n) is 5.88. The number of hydrogen-bond acceptors (Lipinski definition) is 6. The van der Waals surface area contributed by atoms with Crippen LogP contribution in [0.4, 0.5) is 9.52 Å². The molecule has 0 amide bonds. The maximum absolute atomic E-state index is 13.3. The third kappa shape index (κ3) is 3.13. The van der Waals surface area contributed by atoms with E-state index in [1.54, 1.807) is 29.6 Å². The molecule has 5 nitrogen and oxygen atoms in total. The van der Waals surface area contributed by atoms with Crippen molar-refractivity contribution in [3.63, 3.8) is 0 Å². The van der Waals surface area contributed by atoms with Crippen LogP contribution in [0.25, 0.3) is 0 Å². The van der Waals surface area contributed by atoms with E-state index in [-0.39, 0.29) is 17.7 Å². The molecular formula is C19H16FN3O2S. The van der Waals surface area contributed by atoms with Gasteiger partial charge in [0.2, 0.25) is 11.0 Å². The summed E-state index contributed by atoms with van der Waals surface area (Å²) >= 11 is 1.32. The average Bonchev–Trinajstić information content (AvgIpc) is 3.29. The summed E-state index contributed by atoms with van der Waals surface area (Å²) in [6, 6.07) is 14.0. The lowest BCUT2D eigenvalue weighted by atomic mass is 9.98. The summed E-state index contributed by atoms with van der Waals surface area (Å²) in [7, 11) is 1.63. The molecule has 1 N–H and O–H groups in total. The van der Waals surface area contributed by atoms with E-state index in [0.29, 0.717) is 11.6 Å². The molecule has 1 aliphatic heterocycles. The number of halogens is 1. The minimum absolute atomic E-state index is 0.0315. The fourth-order valence-corrected chi connectivity index (χ4v) is 3.64. The van der Waals surface area contributed by atoms with Crippen LogP contribution in [0.2, 0.25) is 0 Å². The molecule has 3 aromatic rings. The highest BCUT2D eigenvalue weighted by atomic mass is 32.1. The Kier molecular flexibility index (Phi) is 4.30. The van der Waals surface area contributed by atoms with Gasteiger partial charge in [-0.15, -0.1) is 0 Å². The van der Waals surface area contributed by atoms with E-state index in [2.05, 4.69) is 4.98 Å². The molecule has 1 atom stereocenters. The lowest BCUT2D eigenvalue weighted by molar-refractivity contribution is 0.415. The van der Waals surface area contributed by atoms with Crippen LogP contribution in [0, 0.1) is 5.82 Å². The van der Waals surface area contributed by atoms with Crippen LogP contribution in [-0.4, -0.2) is 22.9 Å². The molecule has 26 heavy (non-hydrogen) atoms. The molecule has 0 bridgehead atoms. The molecule has 0 fully saturated rings. The first-order chi connectivity index (χ1) is 12.6. The topological polar surface area (TPSA) is 58.0 Å². The fraction of sp³-hybridized carbons (Fsp3) is 0.158. The molecule has 0 saturated carbocycles. The maximum Gasteiger partial charge on any atom is 0.223 e. The van der Waals surface area contributed by atoms with Crippen molar-refractivity contribution < 1.29 is 14.2 Å². The Morgan fingerprint density at radius 2 is 1.88 bits per heavy atom. The number of hydrogen-bond donors (Lipinski definition) is 1. The molecule has 2 heterocycles. The normalized spacial score (nSPS) is 16.6. The second kappa shape index (κ2) is 6.76. The number of nitrogens with zero attached hydrogens (tertiary/aromatic N) is 3. The zero-order valence-corrected chi connectivity index (χ0v) is 14.8. The monoisotopic (exact) mass is 369 g/mol. The van der Waals surface area contributed by atoms with Gasteiger partial charge in [-0.1, -0.05) is 23.5 Å². The second-order valence-corrected chi connectivity index (χ2v) is 6.72. The first-order valence-electron chi connectivity index (χ1n) is 8.05. The van der Waals surface area contributed by atoms with Crippen LogP contribution < -0.4 is 9.75 Å². The minimum Gasteiger partial charge on any atom is -0.497 e. The zero-order valence-electron chi connectivity index (χ0n) is 14.0. The van der Waals surface area contributed by atoms with Gasteiger partial charge in [0.25, 0.3) is 0 Å². The van der Waals surface area contributed by atoms with Gasteiger partial charge in [0.15, 0.2) is 0 Å². The number of thiazole rings is 1. The van der Waals surface area contributed by atoms with Crippen LogP contribution >= 0.6 is 11.3 Å². The fourth-order valence-electron chi connectivity index (χ4n) is 2.95. The van der Waals surface area contributed by atoms with Crippen molar-refractivity contribution in [1.82, 2.24) is 4.98 Å². The van der Waals surface area contributed by atoms with Crippen molar-refractivity contribution in [2.24, 2.45) is 5.10 Å². The summed E-state index contributed by atoms with van der Waals surface area (Å²) in [6.07, 6.45) is 0.651. The molecule has 0 radical (unpaired) electrons. The van der Waals surface area contributed by atoms with E-state index in [9.17, 15) is 9.50 Å². The van der Waals surface area contributed by atoms with Gasteiger partial charge in [0, 0.05) is 6.42 Å². The molecule has 0 aliphatic carbocycles. The van der Waals surface area contributed by atoms with Gasteiger partial charge in [0.05, 0.1) is 24.2 Å². The molecule has 0 spiro atoms. The summed E-state index contributed by atoms with van der Waals surface area (Å²) < 4.78 is 18.5. The molecule has 0 saturated heterocycles. The van der Waals surface area contributed by atoms with E-state index in [0.717, 1.165) is 22.6 Å². The lowest BCUT2D eigenvalue weighted by Crippen LogP contribution is -2.18. The van der Waals surface area contributed by atoms with Crippen LogP contribution in [-0.2, 0) is 0 Å². The highest BCUT2D eigenvalue weighted by Gasteiger charge is 2.31. The van der Waals surface area contributed by atoms with Crippen LogP contribution in [0.15, 0.2) is 59.0 Å². The van der Waals surface area contributed by atoms with Gasteiger partial charge >= 0.3 is 0 Å². The smallest absolute Gasteiger partial charge is 0.223 e. The van der Waals surface area contributed by atoms with Gasteiger partial charge in [0.1, 0.15) is 11.6 Å². The SMILES string of the molecule is COc1ccc(C2=NN(c3nc(O)cs3)C(c3ccc(F)cc3)C2)cc1. The average molecular weight is 369 g/mol. The van der Waals surface area contributed by atoms with Crippen molar-refractivity contribution in [2.75, 3.05) is 12.1 Å². The quantitative estimate of drug-likeness (QED) is 0.743. The lowest BCUT2D eigenvalue weighted by Gasteiger charge is -2.21. The predicted molar refractivity (Wildman–Crippen MR) is 99.5 cm³/mol. The van der Waals surface area contributed by atoms with Gasteiger partial charge in [-0.05, 0) is 47.5 Å². The third-order valence-corrected chi connectivity index (χ3v) is 5.08. The summed E-state index contributed by atoms with van der Waals surface area (Å²) in [6.45, 7) is 0. The van der Waals surface area contributed by atoms with Gasteiger partial charge < -0.3 is 9.84 Å². The Hall–Kier alpha value is -2.93. The van der Waals surface area contributed by atoms with Crippen molar-refractivity contribution in [3.8, 4) is 11.6 Å². The zero-order chi connectivity index (χ0) is 18.1. The number of ether oxygens (including phenoxy) is 1. The summed E-state index contributed by atoms with van der Waals surface area (Å²) in [5.41, 5.74) is 2.83. The van der Waals surface area contributed by atoms with Gasteiger partial charge in [-0.25, -0.2) is 9.40 Å². The predicted octanol–water partition coefficient (Wildman–Crippen LogP) is 4.35. The largest absolute Gasteiger partial charge is 0.497 e. The van der Waals surface area contributed by atoms with Gasteiger partial charge in [-0.3, -0.25) is 0 Å². The molecule has 1 unspecified atom stereocenters. The minimum atomic E-state index is -0.276. The summed E-state index contributed by atoms with van der Waals surface area (Å²) in [5.74, 6) is 0.474. The number of aromatic nitrogens is 1. The number of benzene rings is 2. The number of rotatable bonds is 4. The van der Waals surface area contributed by atoms with E-state index in [1.165, 1.54) is 23.5 Å². The van der Waals surface area contributed by atoms with Crippen molar-refractivity contribution in [3.05, 3.63) is 70.9 Å². The summed E-state index contributed by atoms with van der Waals surface area (Å²) in [5, 5.41) is 18.3. The van der Waals surface area contributed by atoms with E-state index in [4.69, 9.17) is 9.84 Å². The molecular weight excluding hydrogens is 353 g/mol. The molecule has 1 aliphatic rings. The first-order valence-corrected chi connectivity index (χ1v) is 8.93. The van der Waals surface area contributed by atoms with E-state index < -0.39 is 0 Å². The maximum atomic E-state index is 13.3. The number of aromatic hydroxyl groups is 1. The molecule has 2 aromatic carbocycles. The Balaban J connectivity index is 1.71. The van der Waals surface area contributed by atoms with Crippen molar-refractivity contribution in [2.45, 2.75) is 12.5 Å². The third-order valence-electron chi connectivity index (χ3n) is 4.26. The van der Waals surface area contributed by atoms with Crippen LogP contribution in [0.1, 0.15) is 23.6 Å². The number of methoxy groups -OCH3 is 1. The van der Waals surface area contributed by atoms with E-state index >= 15 is 0 Å². The molecule has 4 rings (SSSR count). The Morgan fingerprint density at radius 3 is 2.50 bits per heavy atom. The Morgan fingerprint density at radius 1 is 1.15 bits per heavy atom.